The Kier molecular flexibility index (Phi) is 7.70. The lowest BCUT2D eigenvalue weighted by molar-refractivity contribution is -0.137. The van der Waals surface area contributed by atoms with Crippen LogP contribution in [0.5, 0.6) is 11.5 Å². The summed E-state index contributed by atoms with van der Waals surface area (Å²) in [4.78, 5) is 36.5. The van der Waals surface area contributed by atoms with E-state index < -0.39 is 23.9 Å². The molecule has 1 atom stereocenters. The van der Waals surface area contributed by atoms with Gasteiger partial charge >= 0.3 is 12.3 Å². The Labute approximate surface area is 222 Å². The maximum Gasteiger partial charge on any atom is 0.416 e. The van der Waals surface area contributed by atoms with Crippen LogP contribution in [0.3, 0.4) is 0 Å². The first kappa shape index (κ1) is 27.7. The quantitative estimate of drug-likeness (QED) is 0.452. The molecule has 0 aliphatic carbocycles. The number of aromatic nitrogens is 2. The average molecular weight is 547 g/mol. The zero-order valence-electron chi connectivity index (χ0n) is 21.9. The molecule has 0 spiro atoms. The molecule has 39 heavy (non-hydrogen) atoms. The van der Waals surface area contributed by atoms with Crippen molar-refractivity contribution in [2.24, 2.45) is 0 Å². The highest BCUT2D eigenvalue weighted by atomic mass is 19.4. The Morgan fingerprint density at radius 1 is 1.03 bits per heavy atom. The Hall–Kier alpha value is -4.29. The largest absolute Gasteiger partial charge is 0.493 e. The number of amides is 2. The van der Waals surface area contributed by atoms with E-state index >= 15 is 0 Å². The van der Waals surface area contributed by atoms with E-state index in [9.17, 15) is 22.8 Å². The van der Waals surface area contributed by atoms with Gasteiger partial charge in [0.2, 0.25) is 5.91 Å². The third-order valence-electron chi connectivity index (χ3n) is 6.43. The third-order valence-corrected chi connectivity index (χ3v) is 6.43. The number of carbonyl (C=O) groups excluding carboxylic acids is 2. The van der Waals surface area contributed by atoms with Crippen molar-refractivity contribution >= 4 is 34.4 Å². The molecular formula is C26H29F3N6O4. The summed E-state index contributed by atoms with van der Waals surface area (Å²) in [5.41, 5.74) is 5.68. The topological polar surface area (TPSA) is 123 Å². The summed E-state index contributed by atoms with van der Waals surface area (Å²) in [6, 6.07) is 5.91. The number of ether oxygens (including phenoxy) is 2. The van der Waals surface area contributed by atoms with Crippen LogP contribution in [0.25, 0.3) is 10.9 Å². The van der Waals surface area contributed by atoms with Crippen molar-refractivity contribution in [1.82, 2.24) is 19.8 Å². The van der Waals surface area contributed by atoms with Crippen LogP contribution < -0.4 is 20.5 Å². The van der Waals surface area contributed by atoms with Crippen LogP contribution in [0.1, 0.15) is 36.8 Å². The Balaban J connectivity index is 1.64. The number of rotatable bonds is 5. The van der Waals surface area contributed by atoms with E-state index in [0.717, 1.165) is 12.1 Å². The van der Waals surface area contributed by atoms with Crippen LogP contribution in [-0.2, 0) is 11.0 Å². The highest BCUT2D eigenvalue weighted by Crippen LogP contribution is 2.37. The molecule has 0 unspecified atom stereocenters. The molecule has 2 aromatic carbocycles. The van der Waals surface area contributed by atoms with Gasteiger partial charge in [-0.05, 0) is 43.7 Å². The molecule has 0 saturated carbocycles. The number of nitrogens with zero attached hydrogens (tertiary/aromatic N) is 4. The van der Waals surface area contributed by atoms with E-state index in [1.165, 1.54) is 25.0 Å². The van der Waals surface area contributed by atoms with E-state index in [1.54, 1.807) is 30.9 Å². The normalized spacial score (nSPS) is 14.7. The Morgan fingerprint density at radius 3 is 2.31 bits per heavy atom. The van der Waals surface area contributed by atoms with Crippen LogP contribution >= 0.6 is 0 Å². The number of alkyl halides is 3. The summed E-state index contributed by atoms with van der Waals surface area (Å²) < 4.78 is 51.1. The van der Waals surface area contributed by atoms with Gasteiger partial charge in [-0.2, -0.15) is 13.2 Å². The molecule has 0 radical (unpaired) electrons. The van der Waals surface area contributed by atoms with E-state index in [4.69, 9.17) is 15.2 Å². The molecular weight excluding hydrogens is 517 g/mol. The number of piperazine rings is 1. The predicted octanol–water partition coefficient (Wildman–Crippen LogP) is 4.38. The van der Waals surface area contributed by atoms with E-state index in [0.29, 0.717) is 54.3 Å². The molecule has 4 rings (SSSR count). The lowest BCUT2D eigenvalue weighted by Gasteiger charge is -2.33. The molecule has 1 aliphatic rings. The molecule has 1 aromatic heterocycles. The Morgan fingerprint density at radius 2 is 1.69 bits per heavy atom. The molecule has 1 aliphatic heterocycles. The van der Waals surface area contributed by atoms with Gasteiger partial charge in [0.25, 0.3) is 0 Å². The minimum absolute atomic E-state index is 0.0136. The smallest absolute Gasteiger partial charge is 0.416 e. The maximum atomic E-state index is 13.3. The number of carbonyl (C=O) groups is 2. The number of nitrogens with two attached hydrogens (primary N) is 1. The van der Waals surface area contributed by atoms with Gasteiger partial charge in [0.15, 0.2) is 11.5 Å². The van der Waals surface area contributed by atoms with Crippen LogP contribution in [0.4, 0.5) is 29.5 Å². The van der Waals surface area contributed by atoms with Crippen molar-refractivity contribution in [3.05, 3.63) is 47.3 Å². The second-order valence-corrected chi connectivity index (χ2v) is 9.25. The zero-order valence-corrected chi connectivity index (χ0v) is 21.9. The third kappa shape index (κ3) is 6.24. The monoisotopic (exact) mass is 546 g/mol. The number of hydrogen-bond acceptors (Lipinski definition) is 8. The van der Waals surface area contributed by atoms with Crippen LogP contribution in [-0.4, -0.2) is 65.1 Å². The molecule has 208 valence electrons. The SMILES string of the molecule is COc1cc2nc(C)nc(N[C@H](C)c3cc(N)cc(C(F)(F)F)c3)c2cc1OC(=O)N1CCN(C(C)=O)CC1. The van der Waals surface area contributed by atoms with Gasteiger partial charge in [0.1, 0.15) is 11.6 Å². The van der Waals surface area contributed by atoms with Gasteiger partial charge in [-0.25, -0.2) is 14.8 Å². The van der Waals surface area contributed by atoms with Crippen LogP contribution in [0, 0.1) is 6.92 Å². The fraction of sp³-hybridized carbons (Fsp3) is 0.385. The number of anilines is 2. The van der Waals surface area contributed by atoms with Gasteiger partial charge in [0, 0.05) is 50.2 Å². The van der Waals surface area contributed by atoms with Gasteiger partial charge in [0.05, 0.1) is 24.2 Å². The number of benzene rings is 2. The fourth-order valence-corrected chi connectivity index (χ4v) is 4.34. The molecule has 3 N–H and O–H groups in total. The van der Waals surface area contributed by atoms with Gasteiger partial charge in [-0.15, -0.1) is 0 Å². The lowest BCUT2D eigenvalue weighted by atomic mass is 10.0. The van der Waals surface area contributed by atoms with Gasteiger partial charge in [-0.1, -0.05) is 0 Å². The first-order valence-corrected chi connectivity index (χ1v) is 12.2. The minimum Gasteiger partial charge on any atom is -0.493 e. The molecule has 10 nitrogen and oxygen atoms in total. The summed E-state index contributed by atoms with van der Waals surface area (Å²) in [5, 5.41) is 3.61. The first-order chi connectivity index (χ1) is 18.3. The number of nitrogen functional groups attached to an aromatic ring is 1. The number of halogens is 3. The summed E-state index contributed by atoms with van der Waals surface area (Å²) in [6.07, 6.45) is -5.15. The predicted molar refractivity (Wildman–Crippen MR) is 139 cm³/mol. The number of fused-ring (bicyclic) bond motifs is 1. The Bertz CT molecular complexity index is 1410. The van der Waals surface area contributed by atoms with E-state index in [-0.39, 0.29) is 23.1 Å². The highest BCUT2D eigenvalue weighted by Gasteiger charge is 2.31. The zero-order chi connectivity index (χ0) is 28.5. The fourth-order valence-electron chi connectivity index (χ4n) is 4.34. The maximum absolute atomic E-state index is 13.3. The standard InChI is InChI=1S/C26H29F3N6O4/c1-14(17-9-18(26(27,28)29)11-19(30)10-17)31-24-20-12-23(22(38-4)13-21(20)32-15(2)33-24)39-25(37)35-7-5-34(6-8-35)16(3)36/h9-14H,5-8,30H2,1-4H3,(H,31,32,33)/t14-/m1/s1. The molecule has 0 bridgehead atoms. The first-order valence-electron chi connectivity index (χ1n) is 12.2. The van der Waals surface area contributed by atoms with Crippen molar-refractivity contribution in [3.63, 3.8) is 0 Å². The van der Waals surface area contributed by atoms with Crippen molar-refractivity contribution in [2.45, 2.75) is 33.0 Å². The summed E-state index contributed by atoms with van der Waals surface area (Å²) in [6.45, 7) is 6.28. The molecule has 3 aromatic rings. The number of hydrogen-bond donors (Lipinski definition) is 2. The van der Waals surface area contributed by atoms with E-state index in [2.05, 4.69) is 15.3 Å². The molecule has 1 saturated heterocycles. The van der Waals surface area contributed by atoms with Crippen LogP contribution in [0.2, 0.25) is 0 Å². The molecule has 13 heteroatoms. The molecule has 1 fully saturated rings. The van der Waals surface area contributed by atoms with Crippen molar-refractivity contribution in [1.29, 1.82) is 0 Å². The van der Waals surface area contributed by atoms with Crippen molar-refractivity contribution in [2.75, 3.05) is 44.3 Å². The second kappa shape index (κ2) is 10.8. The summed E-state index contributed by atoms with van der Waals surface area (Å²) >= 11 is 0. The van der Waals surface area contributed by atoms with Crippen LogP contribution in [0.15, 0.2) is 30.3 Å². The van der Waals surface area contributed by atoms with Gasteiger partial charge in [-0.3, -0.25) is 4.79 Å². The summed E-state index contributed by atoms with van der Waals surface area (Å²) in [5.74, 6) is 1.07. The van der Waals surface area contributed by atoms with Crippen molar-refractivity contribution < 1.29 is 32.2 Å². The average Bonchev–Trinajstić information content (AvgIpc) is 2.87. The number of nitrogens with one attached hydrogen (secondary N) is 1. The number of aryl methyl sites for hydroxylation is 1. The lowest BCUT2D eigenvalue weighted by Crippen LogP contribution is -2.50. The molecule has 2 heterocycles. The van der Waals surface area contributed by atoms with Gasteiger partial charge < -0.3 is 30.3 Å². The second-order valence-electron chi connectivity index (χ2n) is 9.25. The molecule has 2 amide bonds. The highest BCUT2D eigenvalue weighted by molar-refractivity contribution is 5.92. The van der Waals surface area contributed by atoms with Crippen molar-refractivity contribution in [3.8, 4) is 11.5 Å². The summed E-state index contributed by atoms with van der Waals surface area (Å²) in [7, 11) is 1.43. The van der Waals surface area contributed by atoms with E-state index in [1.807, 2.05) is 0 Å². The minimum atomic E-state index is -4.55. The number of methoxy groups -OCH3 is 1.